The molecule has 5 nitrogen and oxygen atoms in total. The lowest BCUT2D eigenvalue weighted by molar-refractivity contribution is 0.266. The van der Waals surface area contributed by atoms with E-state index in [-0.39, 0.29) is 0 Å². The van der Waals surface area contributed by atoms with Crippen LogP contribution >= 0.6 is 0 Å². The number of hydrogen-bond acceptors (Lipinski definition) is 5. The molecule has 2 aromatic rings. The molecule has 0 spiro atoms. The highest BCUT2D eigenvalue weighted by Gasteiger charge is 2.17. The zero-order chi connectivity index (χ0) is 18.1. The van der Waals surface area contributed by atoms with Gasteiger partial charge in [-0.3, -0.25) is 0 Å². The maximum Gasteiger partial charge on any atom is 0.204 e. The number of rotatable bonds is 10. The molecule has 0 heterocycles. The van der Waals surface area contributed by atoms with E-state index in [1.165, 1.54) is 0 Å². The Bertz CT molecular complexity index is 612. The van der Waals surface area contributed by atoms with Gasteiger partial charge in [-0.05, 0) is 52.0 Å². The molecule has 0 saturated carbocycles. The Morgan fingerprint density at radius 1 is 0.520 bits per heavy atom. The highest BCUT2D eigenvalue weighted by atomic mass is 16.6. The maximum atomic E-state index is 6.11. The van der Waals surface area contributed by atoms with Crippen molar-refractivity contribution in [1.29, 1.82) is 0 Å². The normalized spacial score (nSPS) is 10.2. The molecule has 0 aliphatic rings. The molecule has 0 fully saturated rings. The van der Waals surface area contributed by atoms with Crippen LogP contribution in [0.5, 0.6) is 34.5 Å². The summed E-state index contributed by atoms with van der Waals surface area (Å²) in [5, 5.41) is 0. The molecular formula is C20H26O5. The average molecular weight is 346 g/mol. The van der Waals surface area contributed by atoms with Gasteiger partial charge in [-0.25, -0.2) is 0 Å². The van der Waals surface area contributed by atoms with Crippen LogP contribution in [0.1, 0.15) is 27.7 Å². The smallest absolute Gasteiger partial charge is 0.204 e. The summed E-state index contributed by atoms with van der Waals surface area (Å²) in [5.74, 6) is 3.61. The predicted octanol–water partition coefficient (Wildman–Crippen LogP) is 5.07. The molecule has 136 valence electrons. The van der Waals surface area contributed by atoms with E-state index < -0.39 is 0 Å². The van der Waals surface area contributed by atoms with Gasteiger partial charge >= 0.3 is 0 Å². The lowest BCUT2D eigenvalue weighted by Crippen LogP contribution is -2.02. The third-order valence-electron chi connectivity index (χ3n) is 3.28. The Labute approximate surface area is 149 Å². The van der Waals surface area contributed by atoms with Crippen LogP contribution in [-0.4, -0.2) is 26.4 Å². The lowest BCUT2D eigenvalue weighted by Gasteiger charge is -2.18. The molecule has 0 aliphatic heterocycles. The minimum Gasteiger partial charge on any atom is -0.490 e. The Kier molecular flexibility index (Phi) is 7.26. The fourth-order valence-corrected chi connectivity index (χ4v) is 2.38. The molecule has 0 amide bonds. The first-order chi connectivity index (χ1) is 12.2. The minimum absolute atomic E-state index is 0.512. The molecule has 0 N–H and O–H groups in total. The molecular weight excluding hydrogens is 320 g/mol. The van der Waals surface area contributed by atoms with Crippen molar-refractivity contribution in [3.63, 3.8) is 0 Å². The first-order valence-electron chi connectivity index (χ1n) is 8.70. The summed E-state index contributed by atoms with van der Waals surface area (Å²) in [6.07, 6.45) is 0. The summed E-state index contributed by atoms with van der Waals surface area (Å²) in [6.45, 7) is 9.84. The summed E-state index contributed by atoms with van der Waals surface area (Å²) >= 11 is 0. The number of ether oxygens (including phenoxy) is 5. The number of para-hydroxylation sites is 2. The van der Waals surface area contributed by atoms with E-state index in [4.69, 9.17) is 23.7 Å². The fourth-order valence-electron chi connectivity index (χ4n) is 2.38. The van der Waals surface area contributed by atoms with Crippen LogP contribution in [0, 0.1) is 0 Å². The Morgan fingerprint density at radius 2 is 0.880 bits per heavy atom. The number of hydrogen-bond donors (Lipinski definition) is 0. The maximum absolute atomic E-state index is 6.11. The zero-order valence-corrected chi connectivity index (χ0v) is 15.3. The zero-order valence-electron chi connectivity index (χ0n) is 15.3. The molecule has 0 unspecified atom stereocenters. The van der Waals surface area contributed by atoms with Crippen molar-refractivity contribution in [2.45, 2.75) is 27.7 Å². The fraction of sp³-hybridized carbons (Fsp3) is 0.400. The SMILES string of the molecule is CCOc1cccc(Oc2cccc(OCC)c2OCC)c1OCC. The second kappa shape index (κ2) is 9.67. The Hall–Kier alpha value is -2.56. The average Bonchev–Trinajstić information content (AvgIpc) is 2.61. The van der Waals surface area contributed by atoms with Crippen LogP contribution in [0.2, 0.25) is 0 Å². The summed E-state index contributed by atoms with van der Waals surface area (Å²) in [5.41, 5.74) is 0. The van der Waals surface area contributed by atoms with E-state index in [1.807, 2.05) is 64.1 Å². The summed E-state index contributed by atoms with van der Waals surface area (Å²) in [6, 6.07) is 11.2. The van der Waals surface area contributed by atoms with E-state index in [0.717, 1.165) is 0 Å². The van der Waals surface area contributed by atoms with Gasteiger partial charge in [0.15, 0.2) is 23.0 Å². The summed E-state index contributed by atoms with van der Waals surface area (Å²) < 4.78 is 28.9. The Balaban J connectivity index is 2.42. The van der Waals surface area contributed by atoms with Crippen LogP contribution in [0.3, 0.4) is 0 Å². The van der Waals surface area contributed by atoms with Crippen molar-refractivity contribution in [2.24, 2.45) is 0 Å². The van der Waals surface area contributed by atoms with Crippen LogP contribution < -0.4 is 23.7 Å². The molecule has 0 aliphatic carbocycles. The molecule has 0 saturated heterocycles. The summed E-state index contributed by atoms with van der Waals surface area (Å²) in [7, 11) is 0. The van der Waals surface area contributed by atoms with Gasteiger partial charge in [0.05, 0.1) is 26.4 Å². The van der Waals surface area contributed by atoms with Crippen molar-refractivity contribution in [1.82, 2.24) is 0 Å². The third kappa shape index (κ3) is 4.72. The van der Waals surface area contributed by atoms with Gasteiger partial charge < -0.3 is 23.7 Å². The van der Waals surface area contributed by atoms with Gasteiger partial charge in [0, 0.05) is 0 Å². The highest BCUT2D eigenvalue weighted by molar-refractivity contribution is 5.57. The van der Waals surface area contributed by atoms with Gasteiger partial charge in [0.25, 0.3) is 0 Å². The van der Waals surface area contributed by atoms with Crippen molar-refractivity contribution < 1.29 is 23.7 Å². The second-order valence-electron chi connectivity index (χ2n) is 5.00. The van der Waals surface area contributed by atoms with E-state index in [9.17, 15) is 0 Å². The van der Waals surface area contributed by atoms with Crippen molar-refractivity contribution in [2.75, 3.05) is 26.4 Å². The molecule has 0 aromatic heterocycles. The lowest BCUT2D eigenvalue weighted by atomic mass is 10.2. The second-order valence-corrected chi connectivity index (χ2v) is 5.00. The van der Waals surface area contributed by atoms with E-state index in [2.05, 4.69) is 0 Å². The first kappa shape index (κ1) is 18.8. The van der Waals surface area contributed by atoms with Crippen molar-refractivity contribution in [3.05, 3.63) is 36.4 Å². The van der Waals surface area contributed by atoms with Crippen LogP contribution in [0.15, 0.2) is 36.4 Å². The van der Waals surface area contributed by atoms with Gasteiger partial charge in [-0.2, -0.15) is 0 Å². The molecule has 25 heavy (non-hydrogen) atoms. The largest absolute Gasteiger partial charge is 0.490 e. The van der Waals surface area contributed by atoms with Crippen LogP contribution in [0.4, 0.5) is 0 Å². The monoisotopic (exact) mass is 346 g/mol. The third-order valence-corrected chi connectivity index (χ3v) is 3.28. The topological polar surface area (TPSA) is 46.2 Å². The number of benzene rings is 2. The quantitative estimate of drug-likeness (QED) is 0.601. The van der Waals surface area contributed by atoms with E-state index >= 15 is 0 Å². The van der Waals surface area contributed by atoms with Gasteiger partial charge in [0.2, 0.25) is 11.5 Å². The molecule has 0 atom stereocenters. The van der Waals surface area contributed by atoms with Gasteiger partial charge in [-0.1, -0.05) is 12.1 Å². The van der Waals surface area contributed by atoms with E-state index in [1.54, 1.807) is 0 Å². The van der Waals surface area contributed by atoms with Crippen molar-refractivity contribution in [3.8, 4) is 34.5 Å². The first-order valence-corrected chi connectivity index (χ1v) is 8.70. The predicted molar refractivity (Wildman–Crippen MR) is 97.6 cm³/mol. The minimum atomic E-state index is 0.512. The Morgan fingerprint density at radius 3 is 1.24 bits per heavy atom. The highest BCUT2D eigenvalue weighted by Crippen LogP contribution is 2.44. The van der Waals surface area contributed by atoms with Gasteiger partial charge in [-0.15, -0.1) is 0 Å². The standard InChI is InChI=1S/C20H26O5/c1-5-21-15-11-9-13-17(19(15)23-7-3)25-18-14-10-12-16(22-6-2)20(18)24-8-4/h9-14H,5-8H2,1-4H3. The van der Waals surface area contributed by atoms with Gasteiger partial charge in [0.1, 0.15) is 0 Å². The molecule has 0 radical (unpaired) electrons. The van der Waals surface area contributed by atoms with E-state index in [0.29, 0.717) is 60.9 Å². The molecule has 2 rings (SSSR count). The van der Waals surface area contributed by atoms with Crippen LogP contribution in [0.25, 0.3) is 0 Å². The molecule has 0 bridgehead atoms. The molecule has 5 heteroatoms. The van der Waals surface area contributed by atoms with Crippen LogP contribution in [-0.2, 0) is 0 Å². The molecule has 2 aromatic carbocycles. The summed E-state index contributed by atoms with van der Waals surface area (Å²) in [4.78, 5) is 0. The van der Waals surface area contributed by atoms with Crippen molar-refractivity contribution >= 4 is 0 Å².